The van der Waals surface area contributed by atoms with E-state index in [0.717, 1.165) is 5.69 Å². The molecule has 9 heteroatoms. The molecule has 4 rings (SSSR count). The van der Waals surface area contributed by atoms with Gasteiger partial charge >= 0.3 is 11.9 Å². The first kappa shape index (κ1) is 21.3. The molecule has 0 radical (unpaired) electrons. The van der Waals surface area contributed by atoms with E-state index in [4.69, 9.17) is 9.47 Å². The van der Waals surface area contributed by atoms with Crippen molar-refractivity contribution < 1.29 is 27.5 Å². The lowest BCUT2D eigenvalue weighted by molar-refractivity contribution is -0.147. The number of para-hydroxylation sites is 1. The van der Waals surface area contributed by atoms with E-state index in [1.54, 1.807) is 6.92 Å². The van der Waals surface area contributed by atoms with Gasteiger partial charge in [0.05, 0.1) is 10.5 Å². The Hall–Kier alpha value is -2.91. The summed E-state index contributed by atoms with van der Waals surface area (Å²) in [5.74, 6) is -1.33. The number of rotatable bonds is 5. The number of benzene rings is 2. The Bertz CT molecular complexity index is 1060. The van der Waals surface area contributed by atoms with Crippen molar-refractivity contribution >= 4 is 27.6 Å². The fourth-order valence-electron chi connectivity index (χ4n) is 3.77. The van der Waals surface area contributed by atoms with Crippen LogP contribution in [0, 0.1) is 0 Å². The molecule has 0 N–H and O–H groups in total. The number of carbonyl (C=O) groups is 2. The monoisotopic (exact) mass is 444 g/mol. The fourth-order valence-corrected chi connectivity index (χ4v) is 5.24. The Labute approximate surface area is 181 Å². The molecule has 0 aliphatic carbocycles. The first-order chi connectivity index (χ1) is 14.8. The van der Waals surface area contributed by atoms with E-state index in [1.807, 2.05) is 30.3 Å². The number of nitrogens with zero attached hydrogens (tertiary/aromatic N) is 2. The summed E-state index contributed by atoms with van der Waals surface area (Å²) in [6.07, 6.45) is -0.991. The molecule has 31 heavy (non-hydrogen) atoms. The number of sulfonamides is 1. The average Bonchev–Trinajstić information content (AvgIpc) is 3.11. The minimum absolute atomic E-state index is 0.0254. The molecule has 2 atom stereocenters. The van der Waals surface area contributed by atoms with Gasteiger partial charge in [0.2, 0.25) is 16.1 Å². The number of anilines is 1. The first-order valence-electron chi connectivity index (χ1n) is 10.2. The van der Waals surface area contributed by atoms with Gasteiger partial charge in [-0.1, -0.05) is 24.3 Å². The van der Waals surface area contributed by atoms with Crippen LogP contribution in [-0.4, -0.2) is 63.0 Å². The molecule has 0 saturated carbocycles. The van der Waals surface area contributed by atoms with Crippen LogP contribution in [-0.2, 0) is 24.3 Å². The maximum atomic E-state index is 13.1. The zero-order chi connectivity index (χ0) is 22.0. The van der Waals surface area contributed by atoms with Crippen LogP contribution in [0.25, 0.3) is 0 Å². The molecule has 2 fully saturated rings. The summed E-state index contributed by atoms with van der Waals surface area (Å²) in [4.78, 5) is 26.3. The van der Waals surface area contributed by atoms with Crippen molar-refractivity contribution in [3.05, 3.63) is 60.2 Å². The number of cyclic esters (lactones) is 1. The third-order valence-corrected chi connectivity index (χ3v) is 7.34. The molecule has 0 unspecified atom stereocenters. The second kappa shape index (κ2) is 8.68. The molecule has 2 aromatic rings. The van der Waals surface area contributed by atoms with Crippen molar-refractivity contribution in [1.82, 2.24) is 4.31 Å². The average molecular weight is 445 g/mol. The van der Waals surface area contributed by atoms with E-state index >= 15 is 0 Å². The predicted molar refractivity (Wildman–Crippen MR) is 113 cm³/mol. The molecule has 2 saturated heterocycles. The van der Waals surface area contributed by atoms with Crippen LogP contribution in [0.1, 0.15) is 23.7 Å². The van der Waals surface area contributed by atoms with Gasteiger partial charge < -0.3 is 14.4 Å². The van der Waals surface area contributed by atoms with Gasteiger partial charge in [-0.25, -0.2) is 18.0 Å². The van der Waals surface area contributed by atoms with Gasteiger partial charge in [-0.2, -0.15) is 4.31 Å². The van der Waals surface area contributed by atoms with Crippen molar-refractivity contribution in [3.63, 3.8) is 0 Å². The molecule has 8 nitrogen and oxygen atoms in total. The van der Waals surface area contributed by atoms with Crippen molar-refractivity contribution in [2.75, 3.05) is 31.1 Å². The molecule has 2 aliphatic rings. The van der Waals surface area contributed by atoms with Gasteiger partial charge in [0.1, 0.15) is 6.10 Å². The highest BCUT2D eigenvalue weighted by Crippen LogP contribution is 2.23. The molecule has 164 valence electrons. The van der Waals surface area contributed by atoms with Crippen LogP contribution in [0.15, 0.2) is 59.5 Å². The van der Waals surface area contributed by atoms with Gasteiger partial charge in [-0.15, -0.1) is 0 Å². The molecule has 2 aliphatic heterocycles. The Morgan fingerprint density at radius 3 is 2.39 bits per heavy atom. The molecule has 0 bridgehead atoms. The smallest absolute Gasteiger partial charge is 0.347 e. The second-order valence-electron chi connectivity index (χ2n) is 7.63. The summed E-state index contributed by atoms with van der Waals surface area (Å²) in [6, 6.07) is 15.6. The van der Waals surface area contributed by atoms with Gasteiger partial charge in [0, 0.05) is 38.3 Å². The van der Waals surface area contributed by atoms with E-state index in [0.29, 0.717) is 26.2 Å². The van der Waals surface area contributed by atoms with Crippen LogP contribution < -0.4 is 4.90 Å². The quantitative estimate of drug-likeness (QED) is 0.652. The highest BCUT2D eigenvalue weighted by atomic mass is 32.2. The molecule has 0 aromatic heterocycles. The maximum absolute atomic E-state index is 13.1. The number of ether oxygens (including phenoxy) is 2. The lowest BCUT2D eigenvalue weighted by atomic mass is 10.2. The van der Waals surface area contributed by atoms with Crippen molar-refractivity contribution in [2.24, 2.45) is 0 Å². The minimum atomic E-state index is -3.76. The first-order valence-corrected chi connectivity index (χ1v) is 11.6. The maximum Gasteiger partial charge on any atom is 0.347 e. The number of piperazine rings is 1. The highest BCUT2D eigenvalue weighted by molar-refractivity contribution is 7.89. The minimum Gasteiger partial charge on any atom is -0.460 e. The largest absolute Gasteiger partial charge is 0.460 e. The summed E-state index contributed by atoms with van der Waals surface area (Å²) in [5.41, 5.74) is 1.14. The molecule has 2 heterocycles. The lowest BCUT2D eigenvalue weighted by Gasteiger charge is -2.35. The van der Waals surface area contributed by atoms with E-state index in [9.17, 15) is 18.0 Å². The standard InChI is InChI=1S/C22H24N2O6S/c1-16-14-20(22(26)29-16)30-21(25)17-6-5-9-19(15-17)31(27,28)24-12-10-23(11-13-24)18-7-3-2-4-8-18/h2-9,15-16,20H,10-14H2,1H3/t16-,20+/m1/s1. The van der Waals surface area contributed by atoms with Crippen molar-refractivity contribution in [2.45, 2.75) is 30.4 Å². The second-order valence-corrected chi connectivity index (χ2v) is 9.57. The SMILES string of the molecule is C[C@@H]1C[C@H](OC(=O)c2cccc(S(=O)(=O)N3CCN(c4ccccc4)CC3)c2)C(=O)O1. The summed E-state index contributed by atoms with van der Waals surface area (Å²) >= 11 is 0. The Morgan fingerprint density at radius 1 is 1.03 bits per heavy atom. The van der Waals surface area contributed by atoms with Crippen LogP contribution in [0.4, 0.5) is 5.69 Å². The third-order valence-electron chi connectivity index (χ3n) is 5.44. The lowest BCUT2D eigenvalue weighted by Crippen LogP contribution is -2.48. The van der Waals surface area contributed by atoms with Crippen molar-refractivity contribution in [1.29, 1.82) is 0 Å². The number of hydrogen-bond donors (Lipinski definition) is 0. The fraction of sp³-hybridized carbons (Fsp3) is 0.364. The molecule has 2 aromatic carbocycles. The van der Waals surface area contributed by atoms with E-state index in [-0.39, 0.29) is 23.0 Å². The molecular weight excluding hydrogens is 420 g/mol. The zero-order valence-corrected chi connectivity index (χ0v) is 18.0. The number of hydrogen-bond acceptors (Lipinski definition) is 7. The molecule has 0 amide bonds. The van der Waals surface area contributed by atoms with E-state index in [1.165, 1.54) is 28.6 Å². The van der Waals surface area contributed by atoms with Crippen LogP contribution in [0.2, 0.25) is 0 Å². The Balaban J connectivity index is 1.44. The van der Waals surface area contributed by atoms with Gasteiger partial charge in [0.15, 0.2) is 0 Å². The van der Waals surface area contributed by atoms with E-state index in [2.05, 4.69) is 4.90 Å². The third kappa shape index (κ3) is 4.57. The zero-order valence-electron chi connectivity index (χ0n) is 17.1. The van der Waals surface area contributed by atoms with Crippen molar-refractivity contribution in [3.8, 4) is 0 Å². The number of carbonyl (C=O) groups excluding carboxylic acids is 2. The molecular formula is C22H24N2O6S. The molecule has 0 spiro atoms. The van der Waals surface area contributed by atoms with Gasteiger partial charge in [-0.3, -0.25) is 0 Å². The van der Waals surface area contributed by atoms with Gasteiger partial charge in [-0.05, 0) is 37.3 Å². The van der Waals surface area contributed by atoms with Crippen LogP contribution >= 0.6 is 0 Å². The van der Waals surface area contributed by atoms with E-state index < -0.39 is 28.1 Å². The van der Waals surface area contributed by atoms with Gasteiger partial charge in [0.25, 0.3) is 0 Å². The Morgan fingerprint density at radius 2 is 1.74 bits per heavy atom. The topological polar surface area (TPSA) is 93.2 Å². The Kier molecular flexibility index (Phi) is 5.97. The predicted octanol–water partition coefficient (Wildman–Crippen LogP) is 2.06. The summed E-state index contributed by atoms with van der Waals surface area (Å²) in [7, 11) is -3.76. The summed E-state index contributed by atoms with van der Waals surface area (Å²) in [5, 5.41) is 0. The normalized spacial score (nSPS) is 22.2. The summed E-state index contributed by atoms with van der Waals surface area (Å²) < 4.78 is 37.9. The highest BCUT2D eigenvalue weighted by Gasteiger charge is 2.35. The van der Waals surface area contributed by atoms with Crippen LogP contribution in [0.3, 0.4) is 0 Å². The summed E-state index contributed by atoms with van der Waals surface area (Å²) in [6.45, 7) is 3.56. The van der Waals surface area contributed by atoms with Crippen LogP contribution in [0.5, 0.6) is 0 Å². The number of esters is 2.